The number of carbonyl (C=O) groups is 1. The van der Waals surface area contributed by atoms with Crippen LogP contribution in [0.25, 0.3) is 10.9 Å². The number of fused-ring (bicyclic) bond motifs is 1. The van der Waals surface area contributed by atoms with Gasteiger partial charge in [0.25, 0.3) is 0 Å². The lowest BCUT2D eigenvalue weighted by molar-refractivity contribution is 0.0523. The fourth-order valence-corrected chi connectivity index (χ4v) is 6.75. The second-order valence-electron chi connectivity index (χ2n) is 14.2. The van der Waals surface area contributed by atoms with Gasteiger partial charge in [-0.25, -0.2) is 9.18 Å². The van der Waals surface area contributed by atoms with Gasteiger partial charge in [-0.15, -0.1) is 0 Å². The van der Waals surface area contributed by atoms with E-state index in [4.69, 9.17) is 9.47 Å². The highest BCUT2D eigenvalue weighted by molar-refractivity contribution is 14.1. The van der Waals surface area contributed by atoms with Crippen LogP contribution in [-0.4, -0.2) is 36.4 Å². The van der Waals surface area contributed by atoms with Gasteiger partial charge in [0.2, 0.25) is 5.43 Å². The van der Waals surface area contributed by atoms with Gasteiger partial charge >= 0.3 is 5.97 Å². The molecular formula is C35H49FINO5Si. The third-order valence-electron chi connectivity index (χ3n) is 8.79. The highest BCUT2D eigenvalue weighted by atomic mass is 127. The monoisotopic (exact) mass is 737 g/mol. The van der Waals surface area contributed by atoms with Crippen molar-refractivity contribution in [2.45, 2.75) is 109 Å². The van der Waals surface area contributed by atoms with Crippen LogP contribution in [-0.2, 0) is 15.6 Å². The lowest BCUT2D eigenvalue weighted by Crippen LogP contribution is -2.40. The summed E-state index contributed by atoms with van der Waals surface area (Å²) in [5, 5.41) is 0.0998. The zero-order valence-corrected chi connectivity index (χ0v) is 31.1. The number of aromatic nitrogens is 1. The SMILES string of the molecule is CCOC(=O)c1cn([C@H](CCC(C)(C)[Si](C)(C)O)C(C)(C)C)c2cc(OC(C)C)c(Cc3cccc(CI)c3F)cc2c1=O. The topological polar surface area (TPSA) is 77.8 Å². The molecule has 9 heteroatoms. The Morgan fingerprint density at radius 3 is 2.27 bits per heavy atom. The van der Waals surface area contributed by atoms with Crippen LogP contribution in [0.1, 0.15) is 101 Å². The molecule has 0 amide bonds. The number of alkyl halides is 1. The van der Waals surface area contributed by atoms with Crippen LogP contribution in [0.5, 0.6) is 5.75 Å². The Morgan fingerprint density at radius 1 is 1.09 bits per heavy atom. The van der Waals surface area contributed by atoms with E-state index in [2.05, 4.69) is 57.2 Å². The van der Waals surface area contributed by atoms with Gasteiger partial charge in [0.15, 0.2) is 8.32 Å². The highest BCUT2D eigenvalue weighted by Gasteiger charge is 2.39. The van der Waals surface area contributed by atoms with Gasteiger partial charge in [0.1, 0.15) is 17.1 Å². The Hall–Kier alpha value is -2.24. The molecule has 0 spiro atoms. The largest absolute Gasteiger partial charge is 0.491 e. The molecule has 3 rings (SSSR count). The molecule has 1 N–H and O–H groups in total. The second kappa shape index (κ2) is 14.0. The molecule has 242 valence electrons. The van der Waals surface area contributed by atoms with Crippen LogP contribution in [0, 0.1) is 11.2 Å². The van der Waals surface area contributed by atoms with E-state index in [1.165, 1.54) is 0 Å². The van der Waals surface area contributed by atoms with E-state index in [1.807, 2.05) is 43.6 Å². The lowest BCUT2D eigenvalue weighted by Gasteiger charge is -2.40. The van der Waals surface area contributed by atoms with E-state index in [0.717, 1.165) is 6.42 Å². The average Bonchev–Trinajstić information content (AvgIpc) is 2.90. The summed E-state index contributed by atoms with van der Waals surface area (Å²) in [5.74, 6) is -0.364. The predicted octanol–water partition coefficient (Wildman–Crippen LogP) is 8.98. The zero-order chi connectivity index (χ0) is 33.2. The minimum absolute atomic E-state index is 0.0358. The third-order valence-corrected chi connectivity index (χ3v) is 13.2. The summed E-state index contributed by atoms with van der Waals surface area (Å²) in [6.07, 6.45) is 3.17. The van der Waals surface area contributed by atoms with Crippen molar-refractivity contribution >= 4 is 47.8 Å². The molecule has 0 fully saturated rings. The maximum absolute atomic E-state index is 15.4. The van der Waals surface area contributed by atoms with Crippen LogP contribution in [0.2, 0.25) is 18.1 Å². The van der Waals surface area contributed by atoms with Crippen LogP contribution >= 0.6 is 22.6 Å². The summed E-state index contributed by atoms with van der Waals surface area (Å²) in [6.45, 7) is 20.3. The molecule has 0 aliphatic heterocycles. The Labute approximate surface area is 276 Å². The number of hydrogen-bond acceptors (Lipinski definition) is 5. The number of halogens is 2. The maximum atomic E-state index is 15.4. The number of nitrogens with zero attached hydrogens (tertiary/aromatic N) is 1. The van der Waals surface area contributed by atoms with Crippen molar-refractivity contribution in [3.63, 3.8) is 0 Å². The van der Waals surface area contributed by atoms with Gasteiger partial charge in [-0.1, -0.05) is 75.4 Å². The van der Waals surface area contributed by atoms with Gasteiger partial charge in [-0.05, 0) is 79.9 Å². The Morgan fingerprint density at radius 2 is 1.73 bits per heavy atom. The fourth-order valence-electron chi connectivity index (χ4n) is 5.41. The summed E-state index contributed by atoms with van der Waals surface area (Å²) in [5.41, 5.74) is 1.71. The van der Waals surface area contributed by atoms with Crippen molar-refractivity contribution in [2.24, 2.45) is 5.41 Å². The quantitative estimate of drug-likeness (QED) is 0.0870. The Kier molecular flexibility index (Phi) is 11.6. The minimum Gasteiger partial charge on any atom is -0.491 e. The number of ether oxygens (including phenoxy) is 2. The molecule has 0 unspecified atom stereocenters. The molecule has 1 aromatic heterocycles. The van der Waals surface area contributed by atoms with Crippen LogP contribution in [0.4, 0.5) is 4.39 Å². The summed E-state index contributed by atoms with van der Waals surface area (Å²) < 4.78 is 29.6. The Balaban J connectivity index is 2.37. The number of pyridine rings is 1. The molecule has 0 bridgehead atoms. The van der Waals surface area contributed by atoms with E-state index in [1.54, 1.807) is 31.3 Å². The zero-order valence-electron chi connectivity index (χ0n) is 27.9. The first kappa shape index (κ1) is 36.2. The number of esters is 1. The van der Waals surface area contributed by atoms with Gasteiger partial charge in [0.05, 0.1) is 18.2 Å². The van der Waals surface area contributed by atoms with Crippen molar-refractivity contribution in [1.82, 2.24) is 4.57 Å². The van der Waals surface area contributed by atoms with Gasteiger partial charge in [-0.3, -0.25) is 4.79 Å². The molecule has 1 atom stereocenters. The van der Waals surface area contributed by atoms with Crippen molar-refractivity contribution in [3.8, 4) is 5.75 Å². The van der Waals surface area contributed by atoms with Crippen LogP contribution in [0.15, 0.2) is 41.3 Å². The van der Waals surface area contributed by atoms with Crippen LogP contribution < -0.4 is 10.2 Å². The van der Waals surface area contributed by atoms with Gasteiger partial charge < -0.3 is 18.8 Å². The van der Waals surface area contributed by atoms with E-state index >= 15 is 4.39 Å². The number of benzene rings is 2. The number of carbonyl (C=O) groups excluding carboxylic acids is 1. The third kappa shape index (κ3) is 8.12. The molecule has 0 radical (unpaired) electrons. The lowest BCUT2D eigenvalue weighted by atomic mass is 9.82. The first-order valence-corrected chi connectivity index (χ1v) is 19.9. The average molecular weight is 738 g/mol. The smallest absolute Gasteiger partial charge is 0.343 e. The summed E-state index contributed by atoms with van der Waals surface area (Å²) >= 11 is 2.15. The molecule has 0 aliphatic carbocycles. The molecule has 0 aliphatic rings. The maximum Gasteiger partial charge on any atom is 0.343 e. The van der Waals surface area contributed by atoms with Gasteiger partial charge in [0, 0.05) is 34.5 Å². The van der Waals surface area contributed by atoms with E-state index in [9.17, 15) is 14.4 Å². The van der Waals surface area contributed by atoms with Crippen LogP contribution in [0.3, 0.4) is 0 Å². The molecular weight excluding hydrogens is 688 g/mol. The molecule has 3 aromatic rings. The molecule has 0 saturated heterocycles. The first-order chi connectivity index (χ1) is 20.3. The number of rotatable bonds is 12. The summed E-state index contributed by atoms with van der Waals surface area (Å²) in [6, 6.07) is 8.87. The van der Waals surface area contributed by atoms with Crippen molar-refractivity contribution in [2.75, 3.05) is 6.61 Å². The highest BCUT2D eigenvalue weighted by Crippen LogP contribution is 2.45. The normalized spacial score (nSPS) is 13.4. The standard InChI is InChI=1S/C35H49FINO5Si/c1-11-42-33(40)27-21-38(30(34(4,5)6)15-16-35(7,8)44(9,10)41)28-19-29(43-22(2)3)25(18-26(28)32(27)39)17-23-13-12-14-24(20-37)31(23)36/h12-14,18-19,21-22,30,41H,11,15-17,20H2,1-10H3/t30-/m1/s1. The van der Waals surface area contributed by atoms with E-state index < -0.39 is 19.7 Å². The van der Waals surface area contributed by atoms with Crippen molar-refractivity contribution in [1.29, 1.82) is 0 Å². The van der Waals surface area contributed by atoms with Crippen molar-refractivity contribution < 1.29 is 23.5 Å². The van der Waals surface area contributed by atoms with E-state index in [-0.39, 0.29) is 47.0 Å². The summed E-state index contributed by atoms with van der Waals surface area (Å²) in [4.78, 5) is 38.1. The Bertz CT molecular complexity index is 1550. The van der Waals surface area contributed by atoms with Crippen molar-refractivity contribution in [3.05, 3.63) is 74.8 Å². The molecule has 1 heterocycles. The van der Waals surface area contributed by atoms with E-state index in [0.29, 0.717) is 44.2 Å². The second-order valence-corrected chi connectivity index (χ2v) is 19.4. The number of hydrogen-bond donors (Lipinski definition) is 1. The fraction of sp³-hybridized carbons (Fsp3) is 0.543. The van der Waals surface area contributed by atoms with Gasteiger partial charge in [-0.2, -0.15) is 0 Å². The molecule has 6 nitrogen and oxygen atoms in total. The molecule has 0 saturated carbocycles. The predicted molar refractivity (Wildman–Crippen MR) is 188 cm³/mol. The molecule has 2 aromatic carbocycles. The minimum atomic E-state index is -2.48. The molecule has 44 heavy (non-hydrogen) atoms. The first-order valence-electron chi connectivity index (χ1n) is 15.4. The summed E-state index contributed by atoms with van der Waals surface area (Å²) in [7, 11) is -2.48.